The van der Waals surface area contributed by atoms with Gasteiger partial charge in [-0.3, -0.25) is 0 Å². The van der Waals surface area contributed by atoms with Gasteiger partial charge in [-0.05, 0) is 0 Å². The molecule has 0 aromatic heterocycles. The van der Waals surface area contributed by atoms with Crippen molar-refractivity contribution in [1.29, 1.82) is 0 Å². The molecule has 0 fully saturated rings. The molecule has 0 nitrogen and oxygen atoms in total. The molecular formula is CI7KPd. The van der Waals surface area contributed by atoms with E-state index in [1.165, 1.54) is 0 Å². The van der Waals surface area contributed by atoms with E-state index in [4.69, 9.17) is 0 Å². The predicted octanol–water partition coefficient (Wildman–Crippen LogP) is -23.9. The largest absolute Gasteiger partial charge is 4.00 e. The Kier molecular flexibility index (Phi) is 606. The summed E-state index contributed by atoms with van der Waals surface area (Å²) in [4.78, 5) is 0. The van der Waals surface area contributed by atoms with Gasteiger partial charge in [0.05, 0.1) is 0 Å². The van der Waals surface area contributed by atoms with Crippen LogP contribution in [0.5, 0.6) is 0 Å². The zero-order valence-corrected chi connectivity index (χ0v) is 24.2. The quantitative estimate of drug-likeness (QED) is 0.168. The molecule has 0 aliphatic rings. The molecule has 0 aliphatic heterocycles. The van der Waals surface area contributed by atoms with Crippen molar-refractivity contribution in [3.63, 3.8) is 0 Å². The molecule has 0 unspecified atom stereocenters. The van der Waals surface area contributed by atoms with Crippen LogP contribution in [0.2, 0.25) is 0 Å². The maximum Gasteiger partial charge on any atom is 4.00 e. The van der Waals surface area contributed by atoms with E-state index in [1.807, 2.05) is 0 Å². The van der Waals surface area contributed by atoms with Crippen LogP contribution < -0.4 is 219 Å². The summed E-state index contributed by atoms with van der Waals surface area (Å²) in [5.74, 6) is 0. The van der Waals surface area contributed by atoms with Gasteiger partial charge in [-0.2, -0.15) is 0 Å². The van der Waals surface area contributed by atoms with Gasteiger partial charge in [-0.15, -0.1) is 0 Å². The SMILES string of the molecule is [C+4].[I-].[I-].[I-].[I-].[I-].[I-].[I-].[K+].[Pd+2]. The Morgan fingerprint density at radius 1 is 0.400 bits per heavy atom. The summed E-state index contributed by atoms with van der Waals surface area (Å²) in [6, 6.07) is 0. The molecule has 0 aliphatic carbocycles. The van der Waals surface area contributed by atoms with Crippen molar-refractivity contribution in [3.05, 3.63) is 7.43 Å². The first-order valence-electron chi connectivity index (χ1n) is 0. The Balaban J connectivity index is 0. The summed E-state index contributed by atoms with van der Waals surface area (Å²) in [6.45, 7) is 0. The van der Waals surface area contributed by atoms with Crippen molar-refractivity contribution in [2.24, 2.45) is 0 Å². The molecular weight excluding hydrogens is 1050 g/mol. The van der Waals surface area contributed by atoms with Crippen molar-refractivity contribution in [2.45, 2.75) is 0 Å². The summed E-state index contributed by atoms with van der Waals surface area (Å²) in [7, 11) is 0. The first-order chi connectivity index (χ1) is 0. The van der Waals surface area contributed by atoms with E-state index in [9.17, 15) is 0 Å². The first kappa shape index (κ1) is 85.4. The summed E-state index contributed by atoms with van der Waals surface area (Å²) in [6.07, 6.45) is 0. The summed E-state index contributed by atoms with van der Waals surface area (Å²) in [5.41, 5.74) is 0. The molecule has 0 atom stereocenters. The average Bonchev–Trinajstić information content (AvgIpc) is 0. The van der Waals surface area contributed by atoms with E-state index in [1.54, 1.807) is 0 Å². The van der Waals surface area contributed by atoms with Crippen LogP contribution in [-0.2, 0) is 20.4 Å². The van der Waals surface area contributed by atoms with Gasteiger partial charge in [0.2, 0.25) is 0 Å². The summed E-state index contributed by atoms with van der Waals surface area (Å²) >= 11 is 0. The van der Waals surface area contributed by atoms with Gasteiger partial charge in [0.25, 0.3) is 0 Å². The van der Waals surface area contributed by atoms with Crippen molar-refractivity contribution in [3.8, 4) is 0 Å². The predicted molar refractivity (Wildman–Crippen MR) is 3.24 cm³/mol. The fourth-order valence-corrected chi connectivity index (χ4v) is 0. The van der Waals surface area contributed by atoms with Gasteiger partial charge in [-0.1, -0.05) is 0 Å². The molecule has 0 radical (unpaired) electrons. The molecule has 0 saturated carbocycles. The van der Waals surface area contributed by atoms with E-state index in [0.29, 0.717) is 0 Å². The molecule has 9 heteroatoms. The first-order valence-corrected chi connectivity index (χ1v) is 0. The second-order valence-electron chi connectivity index (χ2n) is 0. The minimum absolute atomic E-state index is 0. The molecule has 0 spiro atoms. The third-order valence-electron chi connectivity index (χ3n) is 0. The Labute approximate surface area is 239 Å². The Bertz CT molecular complexity index is 13.6. The monoisotopic (exact) mass is 1050 g/mol. The Hall–Kier alpha value is 7.41. The minimum Gasteiger partial charge on any atom is -1.00 e. The molecule has 10 heavy (non-hydrogen) atoms. The van der Waals surface area contributed by atoms with E-state index in [0.717, 1.165) is 0 Å². The third-order valence-corrected chi connectivity index (χ3v) is 0. The fraction of sp³-hybridized carbons (Fsp3) is 0. The standard InChI is InChI=1S/C.7HI.K.Pd/h;7*1H;;/q+4;;;;;;;;+1;+2/p-7. The van der Waals surface area contributed by atoms with Crippen LogP contribution in [0.4, 0.5) is 0 Å². The van der Waals surface area contributed by atoms with Crippen LogP contribution in [0.15, 0.2) is 0 Å². The van der Waals surface area contributed by atoms with Gasteiger partial charge < -0.3 is 168 Å². The van der Waals surface area contributed by atoms with Crippen LogP contribution in [0.25, 0.3) is 0 Å². The van der Waals surface area contributed by atoms with Crippen LogP contribution in [0.1, 0.15) is 0 Å². The van der Waals surface area contributed by atoms with Crippen LogP contribution in [0, 0.1) is 7.43 Å². The average molecular weight is 1050 g/mol. The van der Waals surface area contributed by atoms with Gasteiger partial charge in [0, 0.05) is 0 Å². The van der Waals surface area contributed by atoms with E-state index in [2.05, 4.69) is 0 Å². The zero-order chi connectivity index (χ0) is 0. The van der Waals surface area contributed by atoms with Gasteiger partial charge >= 0.3 is 79.2 Å². The normalized spacial score (nSPS) is 0. The second kappa shape index (κ2) is 71.0. The number of rotatable bonds is 0. The molecule has 0 heterocycles. The van der Waals surface area contributed by atoms with Crippen molar-refractivity contribution in [2.75, 3.05) is 0 Å². The summed E-state index contributed by atoms with van der Waals surface area (Å²) < 4.78 is 0. The van der Waals surface area contributed by atoms with Crippen LogP contribution >= 0.6 is 0 Å². The Morgan fingerprint density at radius 2 is 0.400 bits per heavy atom. The molecule has 0 aromatic rings. The molecule has 0 rings (SSSR count). The number of hydrogen-bond acceptors (Lipinski definition) is 0. The maximum absolute atomic E-state index is 0. The van der Waals surface area contributed by atoms with Crippen molar-refractivity contribution in [1.82, 2.24) is 0 Å². The van der Waals surface area contributed by atoms with Gasteiger partial charge in [-0.25, -0.2) is 0 Å². The molecule has 0 amide bonds. The topological polar surface area (TPSA) is 0 Å². The van der Waals surface area contributed by atoms with Gasteiger partial charge in [0.15, 0.2) is 0 Å². The Morgan fingerprint density at radius 3 is 0.400 bits per heavy atom. The van der Waals surface area contributed by atoms with Crippen LogP contribution in [0.3, 0.4) is 0 Å². The minimum atomic E-state index is 0. The molecule has 0 saturated heterocycles. The van der Waals surface area contributed by atoms with Gasteiger partial charge in [0.1, 0.15) is 0 Å². The van der Waals surface area contributed by atoms with E-state index < -0.39 is 0 Å². The second-order valence-corrected chi connectivity index (χ2v) is 0. The van der Waals surface area contributed by atoms with E-state index >= 15 is 0 Å². The molecule has 0 N–H and O–H groups in total. The number of halogens is 7. The molecule has 0 bridgehead atoms. The van der Waals surface area contributed by atoms with Crippen molar-refractivity contribution >= 4 is 0 Å². The van der Waals surface area contributed by atoms with Crippen molar-refractivity contribution < 1.29 is 240 Å². The zero-order valence-electron chi connectivity index (χ0n) is 4.46. The molecule has 64 valence electrons. The molecule has 0 aromatic carbocycles. The number of hydrogen-bond donors (Lipinski definition) is 0. The van der Waals surface area contributed by atoms with Crippen LogP contribution in [-0.4, -0.2) is 0 Å². The maximum atomic E-state index is 0. The smallest absolute Gasteiger partial charge is 1.00 e. The fourth-order valence-electron chi connectivity index (χ4n) is 0. The van der Waals surface area contributed by atoms with E-state index in [-0.39, 0.29) is 247 Å². The summed E-state index contributed by atoms with van der Waals surface area (Å²) in [5, 5.41) is 0. The third kappa shape index (κ3) is 58.3.